The number of nitrogens with one attached hydrogen (secondary N) is 1. The Kier molecular flexibility index (Phi) is 3.59. The van der Waals surface area contributed by atoms with Crippen LogP contribution in [0.15, 0.2) is 28.7 Å². The maximum Gasteiger partial charge on any atom is 0.0457 e. The second-order valence-corrected chi connectivity index (χ2v) is 4.16. The van der Waals surface area contributed by atoms with E-state index in [4.69, 9.17) is 5.73 Å². The molecule has 1 aromatic heterocycles. The Morgan fingerprint density at radius 2 is 2.07 bits per heavy atom. The summed E-state index contributed by atoms with van der Waals surface area (Å²) in [7, 11) is 0. The fraction of sp³-hybridized carbons (Fsp3) is 0.200. The predicted molar refractivity (Wildman–Crippen MR) is 65.8 cm³/mol. The van der Waals surface area contributed by atoms with E-state index >= 15 is 0 Å². The third-order valence-corrected chi connectivity index (χ3v) is 2.59. The normalized spacial score (nSPS) is 12.5. The first-order valence-corrected chi connectivity index (χ1v) is 5.00. The van der Waals surface area contributed by atoms with E-state index in [9.17, 15) is 0 Å². The highest BCUT2D eigenvalue weighted by Crippen LogP contribution is 2.22. The highest BCUT2D eigenvalue weighted by molar-refractivity contribution is 9.10. The number of fused-ring (bicyclic) bond motifs is 1. The first-order valence-electron chi connectivity index (χ1n) is 4.20. The van der Waals surface area contributed by atoms with Crippen LogP contribution in [0.3, 0.4) is 0 Å². The van der Waals surface area contributed by atoms with E-state index < -0.39 is 0 Å². The van der Waals surface area contributed by atoms with E-state index in [-0.39, 0.29) is 18.4 Å². The van der Waals surface area contributed by atoms with Crippen LogP contribution in [0, 0.1) is 0 Å². The van der Waals surface area contributed by atoms with Gasteiger partial charge in [0.1, 0.15) is 0 Å². The van der Waals surface area contributed by atoms with Crippen LogP contribution in [0.1, 0.15) is 18.7 Å². The molecule has 1 heterocycles. The van der Waals surface area contributed by atoms with E-state index in [1.54, 1.807) is 0 Å². The van der Waals surface area contributed by atoms with Crippen molar-refractivity contribution in [3.05, 3.63) is 34.4 Å². The van der Waals surface area contributed by atoms with Crippen molar-refractivity contribution in [1.29, 1.82) is 0 Å². The van der Waals surface area contributed by atoms with Crippen molar-refractivity contribution < 1.29 is 0 Å². The molecule has 0 saturated carbocycles. The summed E-state index contributed by atoms with van der Waals surface area (Å²) in [6, 6.07) is 8.29. The molecule has 0 aliphatic heterocycles. The number of aromatic amines is 1. The van der Waals surface area contributed by atoms with E-state index in [1.807, 2.05) is 19.1 Å². The van der Waals surface area contributed by atoms with Crippen molar-refractivity contribution in [1.82, 2.24) is 4.98 Å². The third kappa shape index (κ3) is 2.11. The molecule has 2 nitrogen and oxygen atoms in total. The van der Waals surface area contributed by atoms with E-state index in [2.05, 4.69) is 33.0 Å². The lowest BCUT2D eigenvalue weighted by Gasteiger charge is -1.98. The molecule has 0 radical (unpaired) electrons. The van der Waals surface area contributed by atoms with Crippen LogP contribution in [0.2, 0.25) is 0 Å². The van der Waals surface area contributed by atoms with Gasteiger partial charge in [-0.25, -0.2) is 0 Å². The summed E-state index contributed by atoms with van der Waals surface area (Å²) in [4.78, 5) is 3.28. The quantitative estimate of drug-likeness (QED) is 0.823. The molecule has 0 saturated heterocycles. The largest absolute Gasteiger partial charge is 0.357 e. The lowest BCUT2D eigenvalue weighted by atomic mass is 10.2. The van der Waals surface area contributed by atoms with Gasteiger partial charge in [0.05, 0.1) is 0 Å². The van der Waals surface area contributed by atoms with E-state index in [1.165, 1.54) is 5.39 Å². The van der Waals surface area contributed by atoms with Gasteiger partial charge in [-0.15, -0.1) is 12.4 Å². The van der Waals surface area contributed by atoms with Crippen molar-refractivity contribution in [3.63, 3.8) is 0 Å². The van der Waals surface area contributed by atoms with Gasteiger partial charge in [-0.3, -0.25) is 0 Å². The molecule has 1 unspecified atom stereocenters. The van der Waals surface area contributed by atoms with Crippen molar-refractivity contribution in [3.8, 4) is 0 Å². The van der Waals surface area contributed by atoms with Crippen LogP contribution < -0.4 is 5.73 Å². The lowest BCUT2D eigenvalue weighted by molar-refractivity contribution is 0.792. The first-order chi connectivity index (χ1) is 6.16. The van der Waals surface area contributed by atoms with Gasteiger partial charge in [-0.2, -0.15) is 0 Å². The molecule has 0 aliphatic rings. The van der Waals surface area contributed by atoms with Crippen LogP contribution in [0.5, 0.6) is 0 Å². The Labute approximate surface area is 97.4 Å². The van der Waals surface area contributed by atoms with Gasteiger partial charge in [0, 0.05) is 27.1 Å². The van der Waals surface area contributed by atoms with Crippen molar-refractivity contribution >= 4 is 39.2 Å². The van der Waals surface area contributed by atoms with Crippen LogP contribution in [0.4, 0.5) is 0 Å². The van der Waals surface area contributed by atoms with Crippen LogP contribution in [0.25, 0.3) is 10.9 Å². The summed E-state index contributed by atoms with van der Waals surface area (Å²) in [5.74, 6) is 0. The second kappa shape index (κ2) is 4.34. The molecule has 2 aromatic rings. The summed E-state index contributed by atoms with van der Waals surface area (Å²) in [6.45, 7) is 1.97. The Hall–Kier alpha value is -0.510. The minimum atomic E-state index is 0. The van der Waals surface area contributed by atoms with Gasteiger partial charge in [0.2, 0.25) is 0 Å². The van der Waals surface area contributed by atoms with Gasteiger partial charge in [0.15, 0.2) is 0 Å². The standard InChI is InChI=1S/C10H11BrN2.ClH/c1-6(12)10-5-7-4-8(11)2-3-9(7)13-10;/h2-6,13H,12H2,1H3;1H. The van der Waals surface area contributed by atoms with Crippen molar-refractivity contribution in [2.24, 2.45) is 5.73 Å². The minimum Gasteiger partial charge on any atom is -0.357 e. The SMILES string of the molecule is CC(N)c1cc2cc(Br)ccc2[nH]1.Cl. The Bertz CT molecular complexity index is 437. The predicted octanol–water partition coefficient (Wildman–Crippen LogP) is 3.37. The minimum absolute atomic E-state index is 0. The van der Waals surface area contributed by atoms with Gasteiger partial charge >= 0.3 is 0 Å². The molecule has 14 heavy (non-hydrogen) atoms. The summed E-state index contributed by atoms with van der Waals surface area (Å²) in [6.07, 6.45) is 0. The molecule has 0 spiro atoms. The zero-order valence-electron chi connectivity index (χ0n) is 7.75. The third-order valence-electron chi connectivity index (χ3n) is 2.09. The average molecular weight is 276 g/mol. The summed E-state index contributed by atoms with van der Waals surface area (Å²) >= 11 is 3.43. The fourth-order valence-electron chi connectivity index (χ4n) is 1.37. The number of rotatable bonds is 1. The van der Waals surface area contributed by atoms with Gasteiger partial charge < -0.3 is 10.7 Å². The van der Waals surface area contributed by atoms with Crippen molar-refractivity contribution in [2.45, 2.75) is 13.0 Å². The fourth-order valence-corrected chi connectivity index (χ4v) is 1.75. The molecule has 3 N–H and O–H groups in total. The number of hydrogen-bond acceptors (Lipinski definition) is 1. The summed E-state index contributed by atoms with van der Waals surface area (Å²) in [5, 5.41) is 1.20. The highest BCUT2D eigenvalue weighted by atomic mass is 79.9. The number of aromatic nitrogens is 1. The Balaban J connectivity index is 0.000000980. The first kappa shape index (κ1) is 11.6. The maximum absolute atomic E-state index is 5.77. The molecule has 2 rings (SSSR count). The van der Waals surface area contributed by atoms with E-state index in [0.29, 0.717) is 0 Å². The Morgan fingerprint density at radius 1 is 1.36 bits per heavy atom. The van der Waals surface area contributed by atoms with Crippen LogP contribution in [-0.2, 0) is 0 Å². The zero-order chi connectivity index (χ0) is 9.42. The smallest absolute Gasteiger partial charge is 0.0457 e. The van der Waals surface area contributed by atoms with Crippen LogP contribution >= 0.6 is 28.3 Å². The summed E-state index contributed by atoms with van der Waals surface area (Å²) < 4.78 is 1.09. The van der Waals surface area contributed by atoms with Gasteiger partial charge in [0.25, 0.3) is 0 Å². The maximum atomic E-state index is 5.77. The second-order valence-electron chi connectivity index (χ2n) is 3.24. The average Bonchev–Trinajstić information content (AvgIpc) is 2.46. The molecule has 1 atom stereocenters. The molecule has 0 fully saturated rings. The van der Waals surface area contributed by atoms with Gasteiger partial charge in [-0.05, 0) is 31.2 Å². The monoisotopic (exact) mass is 274 g/mol. The topological polar surface area (TPSA) is 41.8 Å². The lowest BCUT2D eigenvalue weighted by Crippen LogP contribution is -2.04. The summed E-state index contributed by atoms with van der Waals surface area (Å²) in [5.41, 5.74) is 7.98. The van der Waals surface area contributed by atoms with Crippen LogP contribution in [-0.4, -0.2) is 4.98 Å². The molecule has 4 heteroatoms. The molecule has 1 aromatic carbocycles. The van der Waals surface area contributed by atoms with E-state index in [0.717, 1.165) is 15.7 Å². The van der Waals surface area contributed by atoms with Gasteiger partial charge in [-0.1, -0.05) is 15.9 Å². The molecule has 0 amide bonds. The molecule has 76 valence electrons. The Morgan fingerprint density at radius 3 is 2.71 bits per heavy atom. The number of halogens is 2. The number of benzene rings is 1. The zero-order valence-corrected chi connectivity index (χ0v) is 10.2. The number of nitrogens with two attached hydrogens (primary N) is 1. The molecule has 0 bridgehead atoms. The highest BCUT2D eigenvalue weighted by Gasteiger charge is 2.03. The molecular formula is C10H12BrClN2. The number of hydrogen-bond donors (Lipinski definition) is 2. The van der Waals surface area contributed by atoms with Crippen molar-refractivity contribution in [2.75, 3.05) is 0 Å². The molecular weight excluding hydrogens is 263 g/mol. The molecule has 0 aliphatic carbocycles. The number of H-pyrrole nitrogens is 1.